The third kappa shape index (κ3) is 2.38. The van der Waals surface area contributed by atoms with E-state index in [1.165, 1.54) is 10.4 Å². The van der Waals surface area contributed by atoms with Gasteiger partial charge < -0.3 is 11.1 Å². The van der Waals surface area contributed by atoms with Crippen LogP contribution in [0.25, 0.3) is 10.2 Å². The molecule has 10 heteroatoms. The van der Waals surface area contributed by atoms with Gasteiger partial charge in [0.2, 0.25) is 5.95 Å². The zero-order chi connectivity index (χ0) is 16.2. The maximum absolute atomic E-state index is 12.6. The average Bonchev–Trinajstić information content (AvgIpc) is 3.11. The summed E-state index contributed by atoms with van der Waals surface area (Å²) >= 11 is 1.56. The second-order valence-electron chi connectivity index (χ2n) is 5.26. The fourth-order valence-electron chi connectivity index (χ4n) is 2.73. The van der Waals surface area contributed by atoms with E-state index in [0.29, 0.717) is 5.82 Å². The first-order chi connectivity index (χ1) is 10.9. The van der Waals surface area contributed by atoms with Crippen LogP contribution in [0.3, 0.4) is 0 Å². The van der Waals surface area contributed by atoms with Crippen molar-refractivity contribution in [2.45, 2.75) is 25.4 Å². The minimum atomic E-state index is -4.48. The van der Waals surface area contributed by atoms with Gasteiger partial charge in [0, 0.05) is 10.9 Å². The third-order valence-electron chi connectivity index (χ3n) is 3.72. The number of nitrogens with two attached hydrogens (primary N) is 1. The van der Waals surface area contributed by atoms with Crippen molar-refractivity contribution in [1.82, 2.24) is 20.2 Å². The second kappa shape index (κ2) is 4.82. The molecule has 120 valence electrons. The molecular weight excluding hydrogens is 329 g/mol. The molecule has 1 aliphatic carbocycles. The van der Waals surface area contributed by atoms with Crippen LogP contribution in [-0.4, -0.2) is 20.2 Å². The summed E-state index contributed by atoms with van der Waals surface area (Å²) in [6, 6.07) is 0.859. The largest absolute Gasteiger partial charge is 0.432 e. The Kier molecular flexibility index (Phi) is 2.98. The van der Waals surface area contributed by atoms with Crippen molar-refractivity contribution in [1.29, 1.82) is 0 Å². The number of fused-ring (bicyclic) bond motifs is 3. The number of rotatable bonds is 2. The molecule has 3 aromatic rings. The summed E-state index contributed by atoms with van der Waals surface area (Å²) in [5.41, 5.74) is 6.27. The highest BCUT2D eigenvalue weighted by molar-refractivity contribution is 7.19. The number of alkyl halides is 3. The lowest BCUT2D eigenvalue weighted by Crippen LogP contribution is -2.04. The lowest BCUT2D eigenvalue weighted by atomic mass is 10.2. The summed E-state index contributed by atoms with van der Waals surface area (Å²) in [7, 11) is 0. The van der Waals surface area contributed by atoms with Crippen molar-refractivity contribution in [2.75, 3.05) is 11.1 Å². The van der Waals surface area contributed by atoms with Crippen molar-refractivity contribution in [3.8, 4) is 0 Å². The van der Waals surface area contributed by atoms with E-state index in [-0.39, 0.29) is 11.8 Å². The molecule has 0 amide bonds. The molecular formula is C13H11F3N6S. The molecule has 0 aromatic carbocycles. The Labute approximate surface area is 131 Å². The zero-order valence-corrected chi connectivity index (χ0v) is 12.5. The first kappa shape index (κ1) is 14.2. The van der Waals surface area contributed by atoms with Gasteiger partial charge in [-0.15, -0.1) is 11.3 Å². The molecule has 0 bridgehead atoms. The van der Waals surface area contributed by atoms with E-state index in [9.17, 15) is 13.2 Å². The van der Waals surface area contributed by atoms with Crippen LogP contribution >= 0.6 is 11.3 Å². The summed E-state index contributed by atoms with van der Waals surface area (Å²) in [4.78, 5) is 10.5. The van der Waals surface area contributed by atoms with Gasteiger partial charge in [-0.05, 0) is 24.8 Å². The Morgan fingerprint density at radius 3 is 2.83 bits per heavy atom. The van der Waals surface area contributed by atoms with E-state index in [1.54, 1.807) is 11.3 Å². The molecule has 0 fully saturated rings. The highest BCUT2D eigenvalue weighted by atomic mass is 32.1. The number of aryl methyl sites for hydroxylation is 2. The number of aromatic nitrogens is 4. The van der Waals surface area contributed by atoms with Crippen molar-refractivity contribution in [3.63, 3.8) is 0 Å². The van der Waals surface area contributed by atoms with Gasteiger partial charge in [-0.25, -0.2) is 4.98 Å². The summed E-state index contributed by atoms with van der Waals surface area (Å²) in [5, 5.41) is 9.01. The lowest BCUT2D eigenvalue weighted by Gasteiger charge is -2.04. The molecule has 0 radical (unpaired) electrons. The predicted octanol–water partition coefficient (Wildman–Crippen LogP) is 3.25. The van der Waals surface area contributed by atoms with Crippen LogP contribution in [0.5, 0.6) is 0 Å². The molecule has 0 unspecified atom stereocenters. The fourth-order valence-corrected chi connectivity index (χ4v) is 3.99. The van der Waals surface area contributed by atoms with Crippen molar-refractivity contribution < 1.29 is 13.2 Å². The summed E-state index contributed by atoms with van der Waals surface area (Å²) < 4.78 is 37.7. The molecule has 0 aliphatic heterocycles. The quantitative estimate of drug-likeness (QED) is 0.666. The number of hydrogen-bond donors (Lipinski definition) is 3. The maximum Gasteiger partial charge on any atom is 0.432 e. The van der Waals surface area contributed by atoms with E-state index in [0.717, 1.165) is 35.5 Å². The molecule has 3 aromatic heterocycles. The van der Waals surface area contributed by atoms with Crippen LogP contribution in [0.15, 0.2) is 6.07 Å². The molecule has 23 heavy (non-hydrogen) atoms. The van der Waals surface area contributed by atoms with Crippen LogP contribution in [0.2, 0.25) is 0 Å². The topological polar surface area (TPSA) is 92.5 Å². The van der Waals surface area contributed by atoms with E-state index in [1.807, 2.05) is 5.10 Å². The Bertz CT molecular complexity index is 897. The van der Waals surface area contributed by atoms with Gasteiger partial charge >= 0.3 is 6.18 Å². The van der Waals surface area contributed by atoms with Gasteiger partial charge in [-0.2, -0.15) is 23.3 Å². The number of nitrogen functional groups attached to an aromatic ring is 1. The minimum absolute atomic E-state index is 0.0137. The van der Waals surface area contributed by atoms with Gasteiger partial charge in [0.1, 0.15) is 16.3 Å². The number of anilines is 3. The molecule has 0 saturated heterocycles. The lowest BCUT2D eigenvalue weighted by molar-refractivity contribution is -0.141. The molecule has 0 saturated carbocycles. The van der Waals surface area contributed by atoms with Crippen molar-refractivity contribution in [3.05, 3.63) is 22.2 Å². The maximum atomic E-state index is 12.6. The van der Waals surface area contributed by atoms with Gasteiger partial charge in [-0.3, -0.25) is 5.10 Å². The number of hydrogen-bond acceptors (Lipinski definition) is 6. The first-order valence-electron chi connectivity index (χ1n) is 6.89. The Balaban J connectivity index is 1.69. The van der Waals surface area contributed by atoms with E-state index in [2.05, 4.69) is 20.4 Å². The molecule has 3 heterocycles. The standard InChI is InChI=1S/C13H11F3N6S/c14-13(15,16)7-4-8(22-21-7)18-12-19-10(17)9-5-2-1-3-6(5)23-11(9)20-12/h4H,1-3H2,(H4,17,18,19,20,21,22). The molecule has 0 atom stereocenters. The number of thiophene rings is 1. The normalized spacial score (nSPS) is 14.4. The molecule has 0 spiro atoms. The van der Waals surface area contributed by atoms with E-state index < -0.39 is 11.9 Å². The Hall–Kier alpha value is -2.36. The first-order valence-corrected chi connectivity index (χ1v) is 7.71. The third-order valence-corrected chi connectivity index (χ3v) is 4.90. The average molecular weight is 340 g/mol. The van der Waals surface area contributed by atoms with Crippen molar-refractivity contribution in [2.24, 2.45) is 0 Å². The van der Waals surface area contributed by atoms with Crippen molar-refractivity contribution >= 4 is 39.1 Å². The predicted molar refractivity (Wildman–Crippen MR) is 80.7 cm³/mol. The molecule has 4 N–H and O–H groups in total. The zero-order valence-electron chi connectivity index (χ0n) is 11.7. The summed E-state index contributed by atoms with van der Waals surface area (Å²) in [6.07, 6.45) is -1.41. The number of nitrogens with zero attached hydrogens (tertiary/aromatic N) is 3. The molecule has 6 nitrogen and oxygen atoms in total. The summed E-state index contributed by atoms with van der Waals surface area (Å²) in [5.74, 6) is 0.457. The molecule has 4 rings (SSSR count). The molecule has 1 aliphatic rings. The minimum Gasteiger partial charge on any atom is -0.383 e. The van der Waals surface area contributed by atoms with E-state index >= 15 is 0 Å². The smallest absolute Gasteiger partial charge is 0.383 e. The van der Waals surface area contributed by atoms with E-state index in [4.69, 9.17) is 5.73 Å². The highest BCUT2D eigenvalue weighted by Gasteiger charge is 2.33. The van der Waals surface area contributed by atoms with Gasteiger partial charge in [0.15, 0.2) is 5.82 Å². The number of nitrogens with one attached hydrogen (secondary N) is 2. The van der Waals surface area contributed by atoms with Gasteiger partial charge in [0.25, 0.3) is 0 Å². The van der Waals surface area contributed by atoms with Crippen LogP contribution < -0.4 is 11.1 Å². The van der Waals surface area contributed by atoms with Gasteiger partial charge in [-0.1, -0.05) is 0 Å². The number of aromatic amines is 1. The fraction of sp³-hybridized carbons (Fsp3) is 0.308. The van der Waals surface area contributed by atoms with Gasteiger partial charge in [0.05, 0.1) is 5.39 Å². The van der Waals surface area contributed by atoms with Crippen LogP contribution in [0.1, 0.15) is 22.6 Å². The highest BCUT2D eigenvalue weighted by Crippen LogP contribution is 2.39. The number of halogens is 3. The second-order valence-corrected chi connectivity index (χ2v) is 6.34. The monoisotopic (exact) mass is 340 g/mol. The van der Waals surface area contributed by atoms with Crippen LogP contribution in [0.4, 0.5) is 30.8 Å². The Morgan fingerprint density at radius 1 is 1.26 bits per heavy atom. The van der Waals surface area contributed by atoms with Crippen LogP contribution in [-0.2, 0) is 19.0 Å². The number of H-pyrrole nitrogens is 1. The van der Waals surface area contributed by atoms with Crippen LogP contribution in [0, 0.1) is 0 Å². The summed E-state index contributed by atoms with van der Waals surface area (Å²) in [6.45, 7) is 0. The Morgan fingerprint density at radius 2 is 2.09 bits per heavy atom. The SMILES string of the molecule is Nc1nc(Nc2cc(C(F)(F)F)[nH]n2)nc2sc3c(c12)CCC3.